The number of nitrogens with one attached hydrogen (secondary N) is 1. The fourth-order valence-corrected chi connectivity index (χ4v) is 2.37. The third kappa shape index (κ3) is 4.95. The van der Waals surface area contributed by atoms with Gasteiger partial charge in [0.2, 0.25) is 5.88 Å². The van der Waals surface area contributed by atoms with Crippen molar-refractivity contribution >= 4 is 28.2 Å². The summed E-state index contributed by atoms with van der Waals surface area (Å²) in [5.74, 6) is -1.29. The zero-order chi connectivity index (χ0) is 17.7. The second kappa shape index (κ2) is 7.30. The van der Waals surface area contributed by atoms with Gasteiger partial charge >= 0.3 is 12.1 Å². The number of alkyl halides is 3. The number of esters is 1. The average Bonchev–Trinajstić information content (AvgIpc) is 3.00. The van der Waals surface area contributed by atoms with E-state index in [1.807, 2.05) is 0 Å². The van der Waals surface area contributed by atoms with Crippen LogP contribution in [0.5, 0.6) is 5.88 Å². The van der Waals surface area contributed by atoms with Crippen LogP contribution in [0.3, 0.4) is 0 Å². The maximum absolute atomic E-state index is 12.0. The fourth-order valence-electron chi connectivity index (χ4n) is 1.56. The van der Waals surface area contributed by atoms with Crippen LogP contribution in [0.15, 0.2) is 30.5 Å². The molecule has 2 heterocycles. The molecule has 2 aromatic rings. The third-order valence-corrected chi connectivity index (χ3v) is 3.59. The summed E-state index contributed by atoms with van der Waals surface area (Å²) in [7, 11) is 1.24. The van der Waals surface area contributed by atoms with Crippen molar-refractivity contribution in [3.05, 3.63) is 40.9 Å². The molecule has 0 aromatic carbocycles. The molecule has 6 nitrogen and oxygen atoms in total. The van der Waals surface area contributed by atoms with Crippen LogP contribution in [0.2, 0.25) is 0 Å². The molecular formula is C14H11F3N2O4S. The van der Waals surface area contributed by atoms with E-state index >= 15 is 0 Å². The van der Waals surface area contributed by atoms with Gasteiger partial charge in [0.25, 0.3) is 5.91 Å². The number of pyridine rings is 1. The predicted octanol–water partition coefficient (Wildman–Crippen LogP) is 3.12. The topological polar surface area (TPSA) is 77.5 Å². The van der Waals surface area contributed by atoms with Crippen LogP contribution in [-0.2, 0) is 4.74 Å². The maximum atomic E-state index is 12.0. The van der Waals surface area contributed by atoms with Crippen molar-refractivity contribution in [1.82, 2.24) is 4.98 Å². The predicted molar refractivity (Wildman–Crippen MR) is 79.4 cm³/mol. The van der Waals surface area contributed by atoms with E-state index in [9.17, 15) is 22.8 Å². The van der Waals surface area contributed by atoms with Crippen LogP contribution in [-0.4, -0.2) is 36.8 Å². The summed E-state index contributed by atoms with van der Waals surface area (Å²) >= 11 is 1.03. The molecule has 1 amide bonds. The van der Waals surface area contributed by atoms with Gasteiger partial charge in [0, 0.05) is 12.3 Å². The quantitative estimate of drug-likeness (QED) is 0.829. The molecule has 0 saturated carbocycles. The van der Waals surface area contributed by atoms with Gasteiger partial charge in [-0.05, 0) is 18.2 Å². The molecule has 0 saturated heterocycles. The van der Waals surface area contributed by atoms with E-state index in [2.05, 4.69) is 19.8 Å². The minimum atomic E-state index is -4.46. The molecule has 0 bridgehead atoms. The van der Waals surface area contributed by atoms with Gasteiger partial charge in [0.1, 0.15) is 4.88 Å². The number of aromatic nitrogens is 1. The summed E-state index contributed by atoms with van der Waals surface area (Å²) < 4.78 is 45.1. The van der Waals surface area contributed by atoms with Crippen molar-refractivity contribution < 1.29 is 32.2 Å². The average molecular weight is 360 g/mol. The highest BCUT2D eigenvalue weighted by molar-refractivity contribution is 7.18. The zero-order valence-electron chi connectivity index (χ0n) is 12.2. The van der Waals surface area contributed by atoms with Crippen molar-refractivity contribution in [2.75, 3.05) is 19.0 Å². The number of ether oxygens (including phenoxy) is 2. The largest absolute Gasteiger partial charge is 0.468 e. The number of methoxy groups -OCH3 is 1. The first-order valence-electron chi connectivity index (χ1n) is 6.43. The highest BCUT2D eigenvalue weighted by Crippen LogP contribution is 2.23. The van der Waals surface area contributed by atoms with Crippen molar-refractivity contribution in [2.45, 2.75) is 6.18 Å². The second-order valence-electron chi connectivity index (χ2n) is 4.40. The van der Waals surface area contributed by atoms with Crippen molar-refractivity contribution in [1.29, 1.82) is 0 Å². The molecule has 0 aliphatic carbocycles. The lowest BCUT2D eigenvalue weighted by Crippen LogP contribution is -2.19. The number of thiophene rings is 1. The lowest BCUT2D eigenvalue weighted by molar-refractivity contribution is -0.154. The molecule has 1 N–H and O–H groups in total. The molecule has 0 spiro atoms. The van der Waals surface area contributed by atoms with Gasteiger partial charge in [-0.1, -0.05) is 0 Å². The fraction of sp³-hybridized carbons (Fsp3) is 0.214. The number of carbonyl (C=O) groups is 2. The monoisotopic (exact) mass is 360 g/mol. The van der Waals surface area contributed by atoms with E-state index in [4.69, 9.17) is 0 Å². The third-order valence-electron chi connectivity index (χ3n) is 2.61. The van der Waals surface area contributed by atoms with Gasteiger partial charge in [0.15, 0.2) is 6.61 Å². The Kier molecular flexibility index (Phi) is 5.39. The maximum Gasteiger partial charge on any atom is 0.422 e. The Morgan fingerprint density at radius 2 is 2.00 bits per heavy atom. The van der Waals surface area contributed by atoms with Crippen LogP contribution < -0.4 is 10.1 Å². The van der Waals surface area contributed by atoms with E-state index in [1.165, 1.54) is 25.3 Å². The molecular weight excluding hydrogens is 349 g/mol. The Bertz CT molecular complexity index is 728. The molecule has 2 aromatic heterocycles. The standard InChI is InChI=1S/C14H11F3N2O4S/c1-22-13(21)9-3-5-11(24-9)19-12(20)8-2-4-10(18-6-8)23-7-14(15,16)17/h2-6H,7H2,1H3,(H,19,20). The summed E-state index contributed by atoms with van der Waals surface area (Å²) in [6.07, 6.45) is -3.37. The molecule has 0 radical (unpaired) electrons. The number of carbonyl (C=O) groups excluding carboxylic acids is 2. The van der Waals surface area contributed by atoms with Crippen LogP contribution in [0, 0.1) is 0 Å². The number of nitrogens with zero attached hydrogens (tertiary/aromatic N) is 1. The molecule has 10 heteroatoms. The Hall–Kier alpha value is -2.62. The second-order valence-corrected chi connectivity index (χ2v) is 5.48. The number of hydrogen-bond donors (Lipinski definition) is 1. The van der Waals surface area contributed by atoms with Gasteiger partial charge in [-0.25, -0.2) is 9.78 Å². The van der Waals surface area contributed by atoms with Gasteiger partial charge in [-0.15, -0.1) is 11.3 Å². The number of hydrogen-bond acceptors (Lipinski definition) is 6. The van der Waals surface area contributed by atoms with E-state index in [1.54, 1.807) is 0 Å². The number of halogens is 3. The van der Waals surface area contributed by atoms with Crippen molar-refractivity contribution in [3.8, 4) is 5.88 Å². The van der Waals surface area contributed by atoms with Gasteiger partial charge < -0.3 is 14.8 Å². The minimum Gasteiger partial charge on any atom is -0.468 e. The number of anilines is 1. The van der Waals surface area contributed by atoms with Gasteiger partial charge in [-0.2, -0.15) is 13.2 Å². The number of rotatable bonds is 5. The Morgan fingerprint density at radius 1 is 1.25 bits per heavy atom. The first-order valence-corrected chi connectivity index (χ1v) is 7.25. The van der Waals surface area contributed by atoms with Crippen LogP contribution in [0.25, 0.3) is 0 Å². The summed E-state index contributed by atoms with van der Waals surface area (Å²) in [6, 6.07) is 5.47. The Balaban J connectivity index is 1.97. The molecule has 0 fully saturated rings. The number of amides is 1. The summed E-state index contributed by atoms with van der Waals surface area (Å²) in [5, 5.41) is 2.96. The first kappa shape index (κ1) is 17.7. The van der Waals surface area contributed by atoms with Crippen LogP contribution in [0.1, 0.15) is 20.0 Å². The van der Waals surface area contributed by atoms with Crippen molar-refractivity contribution in [2.24, 2.45) is 0 Å². The summed E-state index contributed by atoms with van der Waals surface area (Å²) in [6.45, 7) is -1.46. The first-order chi connectivity index (χ1) is 11.3. The zero-order valence-corrected chi connectivity index (χ0v) is 13.0. The van der Waals surface area contributed by atoms with Crippen LogP contribution in [0.4, 0.5) is 18.2 Å². The highest BCUT2D eigenvalue weighted by atomic mass is 32.1. The lowest BCUT2D eigenvalue weighted by atomic mass is 10.2. The lowest BCUT2D eigenvalue weighted by Gasteiger charge is -2.08. The SMILES string of the molecule is COC(=O)c1ccc(NC(=O)c2ccc(OCC(F)(F)F)nc2)s1. The Morgan fingerprint density at radius 3 is 2.58 bits per heavy atom. The molecule has 0 aliphatic heterocycles. The van der Waals surface area contributed by atoms with Crippen LogP contribution >= 0.6 is 11.3 Å². The molecule has 0 atom stereocenters. The summed E-state index contributed by atoms with van der Waals surface area (Å²) in [5.41, 5.74) is 0.127. The van der Waals surface area contributed by atoms with E-state index in [0.29, 0.717) is 9.88 Å². The van der Waals surface area contributed by atoms with E-state index in [-0.39, 0.29) is 11.4 Å². The van der Waals surface area contributed by atoms with E-state index < -0.39 is 24.7 Å². The van der Waals surface area contributed by atoms with E-state index in [0.717, 1.165) is 23.6 Å². The highest BCUT2D eigenvalue weighted by Gasteiger charge is 2.28. The van der Waals surface area contributed by atoms with Crippen molar-refractivity contribution in [3.63, 3.8) is 0 Å². The molecule has 0 unspecified atom stereocenters. The Labute approximate surface area is 138 Å². The summed E-state index contributed by atoms with van der Waals surface area (Å²) in [4.78, 5) is 27.3. The normalized spacial score (nSPS) is 11.0. The molecule has 128 valence electrons. The minimum absolute atomic E-state index is 0.127. The van der Waals surface area contributed by atoms with Gasteiger partial charge in [0.05, 0.1) is 17.7 Å². The molecule has 0 aliphatic rings. The van der Waals surface area contributed by atoms with Gasteiger partial charge in [-0.3, -0.25) is 4.79 Å². The molecule has 2 rings (SSSR count). The smallest absolute Gasteiger partial charge is 0.422 e. The molecule has 24 heavy (non-hydrogen) atoms.